The number of fused-ring (bicyclic) bond motifs is 1. The van der Waals surface area contributed by atoms with Crippen molar-refractivity contribution in [3.05, 3.63) is 51.8 Å². The van der Waals surface area contributed by atoms with Crippen LogP contribution in [0, 0.1) is 33.6 Å². The molecule has 1 N–H and O–H groups in total. The molecule has 1 fully saturated rings. The first kappa shape index (κ1) is 22.8. The Balaban J connectivity index is 1.46. The Morgan fingerprint density at radius 2 is 1.88 bits per heavy atom. The lowest BCUT2D eigenvalue weighted by molar-refractivity contribution is 0.0681. The lowest BCUT2D eigenvalue weighted by Gasteiger charge is -2.32. The van der Waals surface area contributed by atoms with E-state index in [1.54, 1.807) is 24.3 Å². The van der Waals surface area contributed by atoms with Gasteiger partial charge in [0.25, 0.3) is 5.91 Å². The lowest BCUT2D eigenvalue weighted by Crippen LogP contribution is -2.43. The monoisotopic (exact) mass is 472 g/mol. The summed E-state index contributed by atoms with van der Waals surface area (Å²) in [6.45, 7) is 9.21. The standard InChI is InChI=1S/C23H28N4O3S2/c1-14-7-9-19(10-8-14)32(29,30)24-12-18-6-5-11-27(13-18)23(28)21-15(2)20-16(3)25-17(4)26-22(20)31-21/h7-10,18,24H,5-6,11-13H2,1-4H3. The molecular formula is C23H28N4O3S2. The number of likely N-dealkylation sites (tertiary alicyclic amines) is 1. The maximum Gasteiger partial charge on any atom is 0.264 e. The topological polar surface area (TPSA) is 92.3 Å². The van der Waals surface area contributed by atoms with E-state index >= 15 is 0 Å². The van der Waals surface area contributed by atoms with Gasteiger partial charge in [-0.1, -0.05) is 17.7 Å². The Labute approximate surface area is 192 Å². The number of benzene rings is 1. The van der Waals surface area contributed by atoms with Crippen LogP contribution >= 0.6 is 11.3 Å². The summed E-state index contributed by atoms with van der Waals surface area (Å²) < 4.78 is 28.0. The number of carbonyl (C=O) groups excluding carboxylic acids is 1. The van der Waals surface area contributed by atoms with Crippen LogP contribution in [0.2, 0.25) is 0 Å². The molecule has 1 aromatic carbocycles. The van der Waals surface area contributed by atoms with Crippen molar-refractivity contribution in [1.29, 1.82) is 0 Å². The van der Waals surface area contributed by atoms with Gasteiger partial charge in [0.2, 0.25) is 10.0 Å². The minimum absolute atomic E-state index is 0.00588. The molecule has 7 nitrogen and oxygen atoms in total. The van der Waals surface area contributed by atoms with Crippen molar-refractivity contribution in [2.75, 3.05) is 19.6 Å². The highest BCUT2D eigenvalue weighted by atomic mass is 32.2. The molecule has 1 amide bonds. The predicted octanol–water partition coefficient (Wildman–Crippen LogP) is 3.76. The van der Waals surface area contributed by atoms with Gasteiger partial charge in [-0.25, -0.2) is 23.1 Å². The highest BCUT2D eigenvalue weighted by molar-refractivity contribution is 7.89. The van der Waals surface area contributed by atoms with Crippen molar-refractivity contribution in [3.8, 4) is 0 Å². The van der Waals surface area contributed by atoms with E-state index in [4.69, 9.17) is 0 Å². The second-order valence-corrected chi connectivity index (χ2v) is 11.3. The van der Waals surface area contributed by atoms with Crippen LogP contribution < -0.4 is 4.72 Å². The van der Waals surface area contributed by atoms with E-state index in [1.165, 1.54) is 11.3 Å². The third-order valence-electron chi connectivity index (χ3n) is 5.98. The first-order valence-electron chi connectivity index (χ1n) is 10.8. The highest BCUT2D eigenvalue weighted by Crippen LogP contribution is 2.33. The molecule has 4 rings (SSSR count). The number of amides is 1. The van der Waals surface area contributed by atoms with Crippen LogP contribution in [0.15, 0.2) is 29.2 Å². The van der Waals surface area contributed by atoms with Gasteiger partial charge in [-0.2, -0.15) is 0 Å². The molecular weight excluding hydrogens is 444 g/mol. The van der Waals surface area contributed by atoms with E-state index in [2.05, 4.69) is 14.7 Å². The van der Waals surface area contributed by atoms with E-state index in [1.807, 2.05) is 32.6 Å². The molecule has 170 valence electrons. The van der Waals surface area contributed by atoms with Crippen molar-refractivity contribution < 1.29 is 13.2 Å². The summed E-state index contributed by atoms with van der Waals surface area (Å²) >= 11 is 1.42. The minimum atomic E-state index is -3.57. The molecule has 1 aliphatic heterocycles. The van der Waals surface area contributed by atoms with Crippen molar-refractivity contribution in [2.24, 2.45) is 5.92 Å². The van der Waals surface area contributed by atoms with Crippen LogP contribution in [0.5, 0.6) is 0 Å². The lowest BCUT2D eigenvalue weighted by atomic mass is 9.98. The Hall–Kier alpha value is -2.36. The highest BCUT2D eigenvalue weighted by Gasteiger charge is 2.28. The second kappa shape index (κ2) is 8.88. The number of sulfonamides is 1. The van der Waals surface area contributed by atoms with Gasteiger partial charge in [-0.05, 0) is 64.2 Å². The fraction of sp³-hybridized carbons (Fsp3) is 0.435. The molecule has 1 saturated heterocycles. The zero-order chi connectivity index (χ0) is 23.0. The summed E-state index contributed by atoms with van der Waals surface area (Å²) in [6, 6.07) is 6.81. The smallest absolute Gasteiger partial charge is 0.264 e. The zero-order valence-electron chi connectivity index (χ0n) is 18.8. The summed E-state index contributed by atoms with van der Waals surface area (Å²) in [5, 5.41) is 0.961. The first-order valence-corrected chi connectivity index (χ1v) is 13.1. The maximum atomic E-state index is 13.3. The van der Waals surface area contributed by atoms with Crippen LogP contribution in [0.3, 0.4) is 0 Å². The van der Waals surface area contributed by atoms with E-state index in [0.717, 1.165) is 39.9 Å². The van der Waals surface area contributed by atoms with Crippen molar-refractivity contribution in [2.45, 2.75) is 45.4 Å². The number of hydrogen-bond acceptors (Lipinski definition) is 6. The minimum Gasteiger partial charge on any atom is -0.338 e. The van der Waals surface area contributed by atoms with Crippen molar-refractivity contribution >= 4 is 37.5 Å². The Morgan fingerprint density at radius 3 is 2.59 bits per heavy atom. The van der Waals surface area contributed by atoms with Crippen molar-refractivity contribution in [3.63, 3.8) is 0 Å². The van der Waals surface area contributed by atoms with Crippen molar-refractivity contribution in [1.82, 2.24) is 19.6 Å². The van der Waals surface area contributed by atoms with Gasteiger partial charge in [-0.3, -0.25) is 4.79 Å². The molecule has 3 aromatic rings. The molecule has 1 atom stereocenters. The Bertz CT molecular complexity index is 1270. The van der Waals surface area contributed by atoms with Gasteiger partial charge >= 0.3 is 0 Å². The van der Waals surface area contributed by atoms with Gasteiger partial charge in [0, 0.05) is 30.7 Å². The van der Waals surface area contributed by atoms with E-state index in [9.17, 15) is 13.2 Å². The van der Waals surface area contributed by atoms with Crippen LogP contribution in [0.1, 0.15) is 45.2 Å². The number of hydrogen-bond donors (Lipinski definition) is 1. The summed E-state index contributed by atoms with van der Waals surface area (Å²) in [6.07, 6.45) is 1.74. The number of aryl methyl sites for hydroxylation is 4. The van der Waals surface area contributed by atoms with Gasteiger partial charge in [0.15, 0.2) is 0 Å². The van der Waals surface area contributed by atoms with E-state index in [-0.39, 0.29) is 16.7 Å². The molecule has 2 aromatic heterocycles. The van der Waals surface area contributed by atoms with Crippen LogP contribution in [0.4, 0.5) is 0 Å². The third-order valence-corrected chi connectivity index (χ3v) is 8.59. The van der Waals surface area contributed by atoms with Gasteiger partial charge in [0.1, 0.15) is 10.7 Å². The van der Waals surface area contributed by atoms with Crippen LogP contribution in [-0.4, -0.2) is 48.8 Å². The second-order valence-electron chi connectivity index (χ2n) is 8.52. The quantitative estimate of drug-likeness (QED) is 0.610. The number of nitrogens with one attached hydrogen (secondary N) is 1. The van der Waals surface area contributed by atoms with Gasteiger partial charge in [0.05, 0.1) is 9.77 Å². The summed E-state index contributed by atoms with van der Waals surface area (Å²) in [5.41, 5.74) is 2.83. The number of piperidine rings is 1. The molecule has 32 heavy (non-hydrogen) atoms. The summed E-state index contributed by atoms with van der Waals surface area (Å²) in [4.78, 5) is 25.9. The first-order chi connectivity index (χ1) is 15.2. The fourth-order valence-electron chi connectivity index (χ4n) is 4.27. The average molecular weight is 473 g/mol. The molecule has 0 radical (unpaired) electrons. The molecule has 9 heteroatoms. The summed E-state index contributed by atoms with van der Waals surface area (Å²) in [7, 11) is -3.57. The van der Waals surface area contributed by atoms with Gasteiger partial charge < -0.3 is 4.90 Å². The normalized spacial score (nSPS) is 17.1. The third kappa shape index (κ3) is 4.55. The number of aromatic nitrogens is 2. The SMILES string of the molecule is Cc1ccc(S(=O)(=O)NCC2CCCN(C(=O)c3sc4nc(C)nc(C)c4c3C)C2)cc1. The number of rotatable bonds is 5. The number of nitrogens with zero attached hydrogens (tertiary/aromatic N) is 3. The number of thiophene rings is 1. The molecule has 1 unspecified atom stereocenters. The molecule has 1 aliphatic rings. The molecule has 3 heterocycles. The largest absolute Gasteiger partial charge is 0.338 e. The Morgan fingerprint density at radius 1 is 1.16 bits per heavy atom. The fourth-order valence-corrected chi connectivity index (χ4v) is 6.63. The molecule has 0 saturated carbocycles. The van der Waals surface area contributed by atoms with Crippen LogP contribution in [0.25, 0.3) is 10.2 Å². The average Bonchev–Trinajstić information content (AvgIpc) is 3.08. The van der Waals surface area contributed by atoms with E-state index < -0.39 is 10.0 Å². The molecule has 0 bridgehead atoms. The van der Waals surface area contributed by atoms with Gasteiger partial charge in [-0.15, -0.1) is 11.3 Å². The predicted molar refractivity (Wildman–Crippen MR) is 127 cm³/mol. The maximum absolute atomic E-state index is 13.3. The van der Waals surface area contributed by atoms with E-state index in [0.29, 0.717) is 30.3 Å². The van der Waals surface area contributed by atoms with Crippen LogP contribution in [-0.2, 0) is 10.0 Å². The Kier molecular flexibility index (Phi) is 6.33. The zero-order valence-corrected chi connectivity index (χ0v) is 20.4. The summed E-state index contributed by atoms with van der Waals surface area (Å²) in [5.74, 6) is 0.772. The molecule has 0 aliphatic carbocycles. The molecule has 0 spiro atoms. The number of carbonyl (C=O) groups is 1.